The van der Waals surface area contributed by atoms with Gasteiger partial charge in [0.2, 0.25) is 0 Å². The number of nitro groups is 1. The van der Waals surface area contributed by atoms with Crippen molar-refractivity contribution in [2.24, 2.45) is 0 Å². The molecular formula is C26H31N5O6. The van der Waals surface area contributed by atoms with Gasteiger partial charge < -0.3 is 25.7 Å². The van der Waals surface area contributed by atoms with E-state index >= 15 is 0 Å². The Morgan fingerprint density at radius 1 is 1.03 bits per heavy atom. The molecule has 3 aromatic rings. The lowest BCUT2D eigenvalue weighted by atomic mass is 9.93. The van der Waals surface area contributed by atoms with Crippen molar-refractivity contribution in [1.29, 1.82) is 0 Å². The zero-order chi connectivity index (χ0) is 26.4. The molecular weight excluding hydrogens is 478 g/mol. The Balaban J connectivity index is 1.31. The van der Waals surface area contributed by atoms with E-state index < -0.39 is 29.3 Å². The molecule has 1 aliphatic rings. The minimum absolute atomic E-state index is 0.0276. The molecule has 1 saturated heterocycles. The summed E-state index contributed by atoms with van der Waals surface area (Å²) in [6.45, 7) is 0.896. The average Bonchev–Trinajstić information content (AvgIpc) is 2.92. The summed E-state index contributed by atoms with van der Waals surface area (Å²) in [4.78, 5) is 13.0. The monoisotopic (exact) mass is 509 g/mol. The molecule has 1 fully saturated rings. The Morgan fingerprint density at radius 2 is 1.76 bits per heavy atom. The van der Waals surface area contributed by atoms with Crippen molar-refractivity contribution < 1.29 is 25.3 Å². The third kappa shape index (κ3) is 6.45. The maximum absolute atomic E-state index is 11.6. The highest BCUT2D eigenvalue weighted by molar-refractivity contribution is 5.71. The van der Waals surface area contributed by atoms with E-state index in [-0.39, 0.29) is 18.8 Å². The fourth-order valence-corrected chi connectivity index (χ4v) is 4.57. The third-order valence-electron chi connectivity index (χ3n) is 6.72. The first kappa shape index (κ1) is 26.6. The molecule has 0 unspecified atom stereocenters. The van der Waals surface area contributed by atoms with E-state index in [1.165, 1.54) is 6.07 Å². The molecule has 1 aliphatic heterocycles. The number of anilines is 1. The smallest absolute Gasteiger partial charge is 0.292 e. The van der Waals surface area contributed by atoms with Gasteiger partial charge in [0.15, 0.2) is 0 Å². The van der Waals surface area contributed by atoms with Crippen LogP contribution in [0.15, 0.2) is 60.8 Å². The predicted octanol–water partition coefficient (Wildman–Crippen LogP) is 1.01. The van der Waals surface area contributed by atoms with E-state index in [9.17, 15) is 30.5 Å². The second kappa shape index (κ2) is 12.2. The number of β-amino-alcohol motifs (C(OH)–C–C–N with tert-alkyl or cyclic N) is 1. The molecule has 0 saturated carbocycles. The summed E-state index contributed by atoms with van der Waals surface area (Å²) in [7, 11) is 0. The Morgan fingerprint density at radius 3 is 2.41 bits per heavy atom. The van der Waals surface area contributed by atoms with Crippen LogP contribution >= 0.6 is 0 Å². The Labute approximate surface area is 214 Å². The van der Waals surface area contributed by atoms with Gasteiger partial charge in [-0.2, -0.15) is 10.2 Å². The number of aromatic nitrogens is 2. The fourth-order valence-electron chi connectivity index (χ4n) is 4.57. The van der Waals surface area contributed by atoms with Crippen LogP contribution in [-0.4, -0.2) is 91.0 Å². The van der Waals surface area contributed by atoms with Gasteiger partial charge in [-0.25, -0.2) is 0 Å². The van der Waals surface area contributed by atoms with E-state index in [1.54, 1.807) is 35.4 Å². The van der Waals surface area contributed by atoms with Gasteiger partial charge in [0.25, 0.3) is 5.69 Å². The molecule has 4 atom stereocenters. The number of piperidine rings is 1. The number of likely N-dealkylation sites (tertiary alicyclic amines) is 1. The van der Waals surface area contributed by atoms with Crippen LogP contribution in [0, 0.1) is 10.1 Å². The Kier molecular flexibility index (Phi) is 8.74. The highest BCUT2D eigenvalue weighted by Crippen LogP contribution is 2.29. The van der Waals surface area contributed by atoms with Gasteiger partial charge in [0.1, 0.15) is 17.9 Å². The first-order chi connectivity index (χ1) is 17.9. The second-order valence-electron chi connectivity index (χ2n) is 9.13. The van der Waals surface area contributed by atoms with Crippen molar-refractivity contribution in [2.45, 2.75) is 37.2 Å². The topological polar surface area (TPSA) is 165 Å². The van der Waals surface area contributed by atoms with Crippen LogP contribution < -0.4 is 5.32 Å². The lowest BCUT2D eigenvalue weighted by molar-refractivity contribution is -0.383. The number of aliphatic hydroxyl groups excluding tert-OH is 4. The molecule has 1 aromatic heterocycles. The average molecular weight is 510 g/mol. The molecule has 0 radical (unpaired) electrons. The highest BCUT2D eigenvalue weighted by atomic mass is 16.6. The number of rotatable bonds is 10. The van der Waals surface area contributed by atoms with Crippen molar-refractivity contribution >= 4 is 11.4 Å². The van der Waals surface area contributed by atoms with Crippen LogP contribution in [0.5, 0.6) is 0 Å². The molecule has 11 heteroatoms. The molecule has 0 bridgehead atoms. The van der Waals surface area contributed by atoms with E-state index in [4.69, 9.17) is 0 Å². The maximum Gasteiger partial charge on any atom is 0.292 e. The van der Waals surface area contributed by atoms with E-state index in [1.807, 2.05) is 24.3 Å². The zero-order valence-electron chi connectivity index (χ0n) is 20.2. The lowest BCUT2D eigenvalue weighted by Gasteiger charge is -2.43. The molecule has 0 amide bonds. The summed E-state index contributed by atoms with van der Waals surface area (Å²) in [5.74, 6) is 0. The van der Waals surface area contributed by atoms with Crippen LogP contribution in [0.1, 0.15) is 11.1 Å². The molecule has 2 aromatic carbocycles. The van der Waals surface area contributed by atoms with Gasteiger partial charge in [-0.3, -0.25) is 15.0 Å². The van der Waals surface area contributed by atoms with Crippen molar-refractivity contribution in [2.75, 3.05) is 31.6 Å². The molecule has 196 valence electrons. The molecule has 0 aliphatic carbocycles. The normalized spacial score (nSPS) is 22.1. The summed E-state index contributed by atoms with van der Waals surface area (Å²) >= 11 is 0. The summed E-state index contributed by atoms with van der Waals surface area (Å²) in [5.41, 5.74) is 3.71. The van der Waals surface area contributed by atoms with Crippen LogP contribution in [0.3, 0.4) is 0 Å². The molecule has 2 heterocycles. The number of benzene rings is 2. The number of nitrogens with one attached hydrogen (secondary N) is 1. The third-order valence-corrected chi connectivity index (χ3v) is 6.72. The Bertz CT molecular complexity index is 1180. The van der Waals surface area contributed by atoms with Crippen LogP contribution in [0.4, 0.5) is 11.4 Å². The number of nitrogens with zero attached hydrogens (tertiary/aromatic N) is 4. The largest absolute Gasteiger partial charge is 0.395 e. The van der Waals surface area contributed by atoms with Gasteiger partial charge in [0, 0.05) is 37.5 Å². The predicted molar refractivity (Wildman–Crippen MR) is 137 cm³/mol. The van der Waals surface area contributed by atoms with E-state index in [2.05, 4.69) is 15.5 Å². The zero-order valence-corrected chi connectivity index (χ0v) is 20.2. The number of hydrogen-bond donors (Lipinski definition) is 5. The number of hydrogen-bond acceptors (Lipinski definition) is 10. The van der Waals surface area contributed by atoms with Crippen LogP contribution in [0.2, 0.25) is 0 Å². The quantitative estimate of drug-likeness (QED) is 0.197. The van der Waals surface area contributed by atoms with Crippen molar-refractivity contribution in [3.05, 3.63) is 82.0 Å². The Hall–Kier alpha value is -3.48. The van der Waals surface area contributed by atoms with Crippen LogP contribution in [0.25, 0.3) is 11.3 Å². The molecule has 0 spiro atoms. The SMILES string of the molecule is O=[N+]([O-])c1cc(-c2cccnn2)ccc1NCCc1ccc(CCN2C[C@H](O)[C@@H](O)[C@H](O)[C@H]2CO)cc1. The molecule has 5 N–H and O–H groups in total. The van der Waals surface area contributed by atoms with E-state index in [0.717, 1.165) is 11.1 Å². The van der Waals surface area contributed by atoms with Gasteiger partial charge in [0.05, 0.1) is 29.4 Å². The summed E-state index contributed by atoms with van der Waals surface area (Å²) < 4.78 is 0. The summed E-state index contributed by atoms with van der Waals surface area (Å²) in [5, 5.41) is 62.1. The van der Waals surface area contributed by atoms with Crippen molar-refractivity contribution in [1.82, 2.24) is 15.1 Å². The minimum Gasteiger partial charge on any atom is -0.395 e. The van der Waals surface area contributed by atoms with Gasteiger partial charge in [-0.05, 0) is 42.2 Å². The van der Waals surface area contributed by atoms with Crippen molar-refractivity contribution in [3.63, 3.8) is 0 Å². The molecule has 4 rings (SSSR count). The second-order valence-corrected chi connectivity index (χ2v) is 9.13. The summed E-state index contributed by atoms with van der Waals surface area (Å²) in [6, 6.07) is 15.8. The minimum atomic E-state index is -1.26. The number of nitro benzene ring substituents is 1. The lowest BCUT2D eigenvalue weighted by Crippen LogP contribution is -2.62. The fraction of sp³-hybridized carbons (Fsp3) is 0.385. The first-order valence-electron chi connectivity index (χ1n) is 12.1. The van der Waals surface area contributed by atoms with Gasteiger partial charge >= 0.3 is 0 Å². The van der Waals surface area contributed by atoms with Gasteiger partial charge in [-0.1, -0.05) is 30.3 Å². The highest BCUT2D eigenvalue weighted by Gasteiger charge is 2.40. The molecule has 11 nitrogen and oxygen atoms in total. The summed E-state index contributed by atoms with van der Waals surface area (Å²) in [6.07, 6.45) is -0.675. The van der Waals surface area contributed by atoms with Crippen molar-refractivity contribution in [3.8, 4) is 11.3 Å². The van der Waals surface area contributed by atoms with E-state index in [0.29, 0.717) is 42.9 Å². The number of aliphatic hydroxyl groups is 4. The maximum atomic E-state index is 11.6. The first-order valence-corrected chi connectivity index (χ1v) is 12.1. The molecule has 37 heavy (non-hydrogen) atoms. The van der Waals surface area contributed by atoms with Gasteiger partial charge in [-0.15, -0.1) is 0 Å². The van der Waals surface area contributed by atoms with Crippen LogP contribution in [-0.2, 0) is 12.8 Å². The standard InChI is InChI=1S/C26H31N5O6/c32-16-23-25(34)26(35)24(33)15-30(23)13-10-18-5-3-17(4-6-18)9-12-27-21-8-7-19(14-22(21)31(36)37)20-2-1-11-28-29-20/h1-8,11,14,23-27,32-35H,9-10,12-13,15-16H2/t23-,24+,25-,26-/m1/s1.